The number of morpholine rings is 1. The zero-order valence-corrected chi connectivity index (χ0v) is 17.3. The molecule has 0 amide bonds. The molecule has 0 saturated carbocycles. The number of phenolic OH excluding ortho intramolecular Hbond substituents is 1. The van der Waals surface area contributed by atoms with E-state index in [9.17, 15) is 9.50 Å². The highest BCUT2D eigenvalue weighted by Crippen LogP contribution is 2.30. The van der Waals surface area contributed by atoms with Crippen molar-refractivity contribution in [1.29, 1.82) is 0 Å². The molecule has 1 saturated heterocycles. The van der Waals surface area contributed by atoms with E-state index < -0.39 is 0 Å². The summed E-state index contributed by atoms with van der Waals surface area (Å²) < 4.78 is 18.9. The van der Waals surface area contributed by atoms with Crippen molar-refractivity contribution in [3.63, 3.8) is 0 Å². The van der Waals surface area contributed by atoms with E-state index in [0.717, 1.165) is 16.7 Å². The van der Waals surface area contributed by atoms with Crippen LogP contribution in [-0.2, 0) is 11.2 Å². The van der Waals surface area contributed by atoms with E-state index in [0.29, 0.717) is 50.9 Å². The Morgan fingerprint density at radius 2 is 1.77 bits per heavy atom. The molecular weight excluding hydrogens is 393 g/mol. The third kappa shape index (κ3) is 5.61. The average Bonchev–Trinajstić information content (AvgIpc) is 2.81. The number of hydrogen-bond donors (Lipinski definition) is 2. The van der Waals surface area contributed by atoms with E-state index in [1.807, 2.05) is 48.5 Å². The van der Waals surface area contributed by atoms with Crippen molar-refractivity contribution in [2.75, 3.05) is 38.2 Å². The lowest BCUT2D eigenvalue weighted by molar-refractivity contribution is 0.0679. The second-order valence-corrected chi connectivity index (χ2v) is 7.41. The molecule has 0 spiro atoms. The number of aromatic hydroxyl groups is 1. The first kappa shape index (κ1) is 20.9. The first-order valence-electron chi connectivity index (χ1n) is 10.5. The summed E-state index contributed by atoms with van der Waals surface area (Å²) >= 11 is 0. The molecule has 1 heterocycles. The first-order valence-corrected chi connectivity index (χ1v) is 10.5. The van der Waals surface area contributed by atoms with Crippen LogP contribution < -0.4 is 5.32 Å². The number of anilines is 1. The molecule has 0 aliphatic carbocycles. The molecule has 160 valence electrons. The van der Waals surface area contributed by atoms with Crippen LogP contribution in [0.15, 0.2) is 77.8 Å². The summed E-state index contributed by atoms with van der Waals surface area (Å²) in [6, 6.07) is 22.1. The molecule has 2 N–H and O–H groups in total. The fourth-order valence-electron chi connectivity index (χ4n) is 3.54. The maximum atomic E-state index is 13.5. The van der Waals surface area contributed by atoms with Crippen molar-refractivity contribution in [1.82, 2.24) is 4.90 Å². The van der Waals surface area contributed by atoms with Gasteiger partial charge in [-0.2, -0.15) is 0 Å². The Morgan fingerprint density at radius 3 is 2.55 bits per heavy atom. The maximum Gasteiger partial charge on any atom is 0.198 e. The van der Waals surface area contributed by atoms with Crippen molar-refractivity contribution in [2.45, 2.75) is 6.42 Å². The highest BCUT2D eigenvalue weighted by Gasteiger charge is 2.17. The van der Waals surface area contributed by atoms with E-state index >= 15 is 0 Å². The lowest BCUT2D eigenvalue weighted by atomic mass is 10.0. The van der Waals surface area contributed by atoms with E-state index in [-0.39, 0.29) is 11.6 Å². The minimum absolute atomic E-state index is 0.158. The van der Waals surface area contributed by atoms with Gasteiger partial charge in [0.2, 0.25) is 0 Å². The van der Waals surface area contributed by atoms with Gasteiger partial charge in [0.05, 0.1) is 18.9 Å². The van der Waals surface area contributed by atoms with Crippen LogP contribution in [-0.4, -0.2) is 48.8 Å². The van der Waals surface area contributed by atoms with Crippen LogP contribution in [0, 0.1) is 5.82 Å². The average molecular weight is 420 g/mol. The van der Waals surface area contributed by atoms with Crippen molar-refractivity contribution < 1.29 is 14.2 Å². The van der Waals surface area contributed by atoms with Crippen molar-refractivity contribution in [3.8, 4) is 16.9 Å². The van der Waals surface area contributed by atoms with Gasteiger partial charge < -0.3 is 20.1 Å². The number of nitrogens with one attached hydrogen (secondary N) is 1. The van der Waals surface area contributed by atoms with Gasteiger partial charge in [-0.05, 0) is 47.4 Å². The van der Waals surface area contributed by atoms with Gasteiger partial charge in [0, 0.05) is 19.6 Å². The number of halogens is 1. The Hall–Kier alpha value is -3.38. The number of rotatable bonds is 5. The van der Waals surface area contributed by atoms with Gasteiger partial charge >= 0.3 is 0 Å². The summed E-state index contributed by atoms with van der Waals surface area (Å²) in [5.41, 5.74) is 3.57. The van der Waals surface area contributed by atoms with Crippen molar-refractivity contribution in [3.05, 3.63) is 84.2 Å². The third-order valence-corrected chi connectivity index (χ3v) is 5.21. The van der Waals surface area contributed by atoms with Gasteiger partial charge in [0.1, 0.15) is 11.6 Å². The van der Waals surface area contributed by atoms with Gasteiger partial charge in [-0.3, -0.25) is 4.99 Å². The summed E-state index contributed by atoms with van der Waals surface area (Å²) in [4.78, 5) is 6.87. The lowest BCUT2D eigenvalue weighted by Crippen LogP contribution is -2.44. The van der Waals surface area contributed by atoms with Gasteiger partial charge in [-0.25, -0.2) is 4.39 Å². The Labute approximate surface area is 181 Å². The molecule has 3 aromatic carbocycles. The maximum absolute atomic E-state index is 13.5. The smallest absolute Gasteiger partial charge is 0.198 e. The van der Waals surface area contributed by atoms with Crippen LogP contribution in [0.5, 0.6) is 5.75 Å². The summed E-state index contributed by atoms with van der Waals surface area (Å²) in [6.07, 6.45) is 0.628. The molecule has 0 aromatic heterocycles. The standard InChI is InChI=1S/C25H26FN3O2/c26-22-8-4-5-19(17-22)11-12-27-25(29-13-15-31-16-14-29)28-23-18-21(9-10-24(23)30)20-6-2-1-3-7-20/h1-10,17-18,30H,11-16H2,(H,27,28). The van der Waals surface area contributed by atoms with Gasteiger partial charge in [0.25, 0.3) is 0 Å². The molecule has 0 unspecified atom stereocenters. The van der Waals surface area contributed by atoms with Gasteiger partial charge in [-0.1, -0.05) is 48.5 Å². The van der Waals surface area contributed by atoms with Crippen LogP contribution in [0.3, 0.4) is 0 Å². The van der Waals surface area contributed by atoms with Crippen LogP contribution in [0.2, 0.25) is 0 Å². The molecule has 3 aromatic rings. The molecule has 0 bridgehead atoms. The molecule has 1 aliphatic rings. The van der Waals surface area contributed by atoms with Crippen LogP contribution in [0.4, 0.5) is 10.1 Å². The highest BCUT2D eigenvalue weighted by molar-refractivity contribution is 5.95. The molecule has 0 radical (unpaired) electrons. The zero-order valence-electron chi connectivity index (χ0n) is 17.3. The second kappa shape index (κ2) is 10.1. The molecular formula is C25H26FN3O2. The topological polar surface area (TPSA) is 57.1 Å². The SMILES string of the molecule is Oc1ccc(-c2ccccc2)cc1NC(=NCCc1cccc(F)c1)N1CCOCC1. The van der Waals surface area contributed by atoms with Gasteiger partial charge in [-0.15, -0.1) is 0 Å². The molecule has 5 nitrogen and oxygen atoms in total. The van der Waals surface area contributed by atoms with E-state index in [4.69, 9.17) is 9.73 Å². The summed E-state index contributed by atoms with van der Waals surface area (Å²) in [5.74, 6) is 0.599. The fourth-order valence-corrected chi connectivity index (χ4v) is 3.54. The molecule has 1 fully saturated rings. The number of nitrogens with zero attached hydrogens (tertiary/aromatic N) is 2. The number of guanidine groups is 1. The molecule has 4 rings (SSSR count). The fraction of sp³-hybridized carbons (Fsp3) is 0.240. The number of aliphatic imine (C=N–C) groups is 1. The number of phenols is 1. The third-order valence-electron chi connectivity index (χ3n) is 5.21. The Balaban J connectivity index is 1.55. The predicted molar refractivity (Wildman–Crippen MR) is 122 cm³/mol. The second-order valence-electron chi connectivity index (χ2n) is 7.41. The van der Waals surface area contributed by atoms with Crippen LogP contribution >= 0.6 is 0 Å². The number of hydrogen-bond acceptors (Lipinski definition) is 3. The van der Waals surface area contributed by atoms with Crippen molar-refractivity contribution in [2.24, 2.45) is 4.99 Å². The Bertz CT molecular complexity index is 1030. The summed E-state index contributed by atoms with van der Waals surface area (Å²) in [5, 5.41) is 13.8. The lowest BCUT2D eigenvalue weighted by Gasteiger charge is -2.30. The number of ether oxygens (including phenoxy) is 1. The first-order chi connectivity index (χ1) is 15.2. The molecule has 1 aliphatic heterocycles. The molecule has 6 heteroatoms. The van der Waals surface area contributed by atoms with E-state index in [1.54, 1.807) is 12.1 Å². The highest BCUT2D eigenvalue weighted by atomic mass is 19.1. The number of benzene rings is 3. The summed E-state index contributed by atoms with van der Waals surface area (Å²) in [6.45, 7) is 3.18. The van der Waals surface area contributed by atoms with Crippen LogP contribution in [0.1, 0.15) is 5.56 Å². The summed E-state index contributed by atoms with van der Waals surface area (Å²) in [7, 11) is 0. The van der Waals surface area contributed by atoms with Crippen molar-refractivity contribution >= 4 is 11.6 Å². The molecule has 31 heavy (non-hydrogen) atoms. The monoisotopic (exact) mass is 419 g/mol. The quantitative estimate of drug-likeness (QED) is 0.362. The van der Waals surface area contributed by atoms with Crippen LogP contribution in [0.25, 0.3) is 11.1 Å². The zero-order chi connectivity index (χ0) is 21.5. The molecule has 0 atom stereocenters. The van der Waals surface area contributed by atoms with E-state index in [2.05, 4.69) is 10.2 Å². The normalized spacial score (nSPS) is 14.5. The minimum atomic E-state index is -0.240. The Morgan fingerprint density at radius 1 is 0.968 bits per heavy atom. The largest absolute Gasteiger partial charge is 0.506 e. The predicted octanol–water partition coefficient (Wildman–Crippen LogP) is 4.54. The van der Waals surface area contributed by atoms with E-state index in [1.165, 1.54) is 12.1 Å². The van der Waals surface area contributed by atoms with Gasteiger partial charge in [0.15, 0.2) is 5.96 Å². The minimum Gasteiger partial charge on any atom is -0.506 e. The Kier molecular flexibility index (Phi) is 6.79.